The number of hydrogen-bond donors (Lipinski definition) is 1. The van der Waals surface area contributed by atoms with E-state index in [1.165, 1.54) is 12.4 Å². The second-order valence-corrected chi connectivity index (χ2v) is 1.25. The van der Waals surface area contributed by atoms with Crippen molar-refractivity contribution in [2.45, 2.75) is 0 Å². The van der Waals surface area contributed by atoms with E-state index in [-0.39, 0.29) is 5.57 Å². The number of carbonyl (C=O) groups is 1. The predicted molar refractivity (Wildman–Crippen MR) is 26.3 cm³/mol. The van der Waals surface area contributed by atoms with Crippen LogP contribution in [0.4, 0.5) is 0 Å². The first-order valence-electron chi connectivity index (χ1n) is 1.97. The molecule has 0 bridgehead atoms. The quantitative estimate of drug-likeness (QED) is 0.498. The van der Waals surface area contributed by atoms with Gasteiger partial charge in [-0.25, -0.2) is 4.79 Å². The van der Waals surface area contributed by atoms with E-state index in [4.69, 9.17) is 5.11 Å². The summed E-state index contributed by atoms with van der Waals surface area (Å²) in [5.41, 5.74) is 3.44. The van der Waals surface area contributed by atoms with Crippen molar-refractivity contribution in [3.8, 4) is 0 Å². The van der Waals surface area contributed by atoms with Crippen molar-refractivity contribution in [1.82, 2.24) is 5.43 Å². The van der Waals surface area contributed by atoms with Gasteiger partial charge in [-0.05, 0) is 0 Å². The van der Waals surface area contributed by atoms with Gasteiger partial charge >= 0.3 is 5.97 Å². The highest BCUT2D eigenvalue weighted by atomic mass is 16.4. The largest absolute Gasteiger partial charge is 0.478 e. The minimum absolute atomic E-state index is 0.130. The Labute approximate surface area is 45.5 Å². The van der Waals surface area contributed by atoms with Crippen LogP contribution in [0, 0.1) is 0 Å². The molecular formula is C4H3N2O2. The third-order valence-electron chi connectivity index (χ3n) is 0.707. The van der Waals surface area contributed by atoms with Gasteiger partial charge in [0.05, 0.1) is 18.0 Å². The number of rotatable bonds is 1. The maximum Gasteiger partial charge on any atom is 0.338 e. The molecule has 0 aliphatic carbocycles. The van der Waals surface area contributed by atoms with Crippen molar-refractivity contribution in [3.63, 3.8) is 0 Å². The zero-order valence-corrected chi connectivity index (χ0v) is 3.90. The zero-order valence-electron chi connectivity index (χ0n) is 3.90. The summed E-state index contributed by atoms with van der Waals surface area (Å²) < 4.78 is 0. The van der Waals surface area contributed by atoms with Crippen LogP contribution in [0.2, 0.25) is 0 Å². The molecule has 0 saturated carbocycles. The Balaban J connectivity index is 2.72. The Morgan fingerprint density at radius 2 is 2.50 bits per heavy atom. The second-order valence-electron chi connectivity index (χ2n) is 1.25. The lowest BCUT2D eigenvalue weighted by Gasteiger charge is -1.79. The van der Waals surface area contributed by atoms with Gasteiger partial charge in [-0.3, -0.25) is 0 Å². The fraction of sp³-hybridized carbons (Fsp3) is 0. The molecule has 1 heterocycles. The zero-order chi connectivity index (χ0) is 5.98. The molecule has 1 N–H and O–H groups in total. The summed E-state index contributed by atoms with van der Waals surface area (Å²) in [5, 5.41) is 11.5. The molecule has 8 heavy (non-hydrogen) atoms. The van der Waals surface area contributed by atoms with Gasteiger partial charge in [0.25, 0.3) is 0 Å². The highest BCUT2D eigenvalue weighted by Gasteiger charge is 2.06. The molecule has 0 aromatic carbocycles. The molecule has 41 valence electrons. The standard InChI is InChI=1S/C4H3N2O2/c7-4(8)3-1-5-6-2-3/h1-2H,(H,7,8). The average Bonchev–Trinajstić information content (AvgIpc) is 2.12. The van der Waals surface area contributed by atoms with Crippen molar-refractivity contribution < 1.29 is 9.90 Å². The molecule has 4 heteroatoms. The van der Waals surface area contributed by atoms with E-state index in [1.807, 2.05) is 0 Å². The lowest BCUT2D eigenvalue weighted by atomic mass is 10.3. The SMILES string of the molecule is O=C(O)C1=C[N]N=C1. The lowest BCUT2D eigenvalue weighted by Crippen LogP contribution is -1.98. The molecule has 1 aliphatic rings. The van der Waals surface area contributed by atoms with E-state index >= 15 is 0 Å². The van der Waals surface area contributed by atoms with Crippen LogP contribution >= 0.6 is 0 Å². The average molecular weight is 111 g/mol. The van der Waals surface area contributed by atoms with Crippen molar-refractivity contribution in [3.05, 3.63) is 11.8 Å². The van der Waals surface area contributed by atoms with Crippen molar-refractivity contribution >= 4 is 12.2 Å². The summed E-state index contributed by atoms with van der Waals surface area (Å²) in [6.07, 6.45) is 2.39. The Morgan fingerprint density at radius 3 is 2.75 bits per heavy atom. The molecule has 1 radical (unpaired) electrons. The molecule has 4 nitrogen and oxygen atoms in total. The van der Waals surface area contributed by atoms with Crippen LogP contribution in [0.15, 0.2) is 16.9 Å². The molecule has 0 saturated heterocycles. The van der Waals surface area contributed by atoms with Gasteiger partial charge in [-0.1, -0.05) is 0 Å². The first kappa shape index (κ1) is 4.83. The summed E-state index contributed by atoms with van der Waals surface area (Å²) in [7, 11) is 0. The molecule has 0 atom stereocenters. The molecule has 0 unspecified atom stereocenters. The highest BCUT2D eigenvalue weighted by Crippen LogP contribution is 1.93. The predicted octanol–water partition coefficient (Wildman–Crippen LogP) is -0.441. The number of aliphatic carboxylic acids is 1. The summed E-state index contributed by atoms with van der Waals surface area (Å²) in [6, 6.07) is 0. The number of nitrogens with zero attached hydrogens (tertiary/aromatic N) is 2. The van der Waals surface area contributed by atoms with Crippen molar-refractivity contribution in [1.29, 1.82) is 0 Å². The van der Waals surface area contributed by atoms with Gasteiger partial charge in [-0.15, -0.1) is 0 Å². The third kappa shape index (κ3) is 0.676. The van der Waals surface area contributed by atoms with Crippen LogP contribution in [0.5, 0.6) is 0 Å². The monoisotopic (exact) mass is 111 g/mol. The molecule has 0 aromatic rings. The van der Waals surface area contributed by atoms with Gasteiger partial charge in [0.1, 0.15) is 0 Å². The van der Waals surface area contributed by atoms with Crippen molar-refractivity contribution in [2.75, 3.05) is 0 Å². The van der Waals surface area contributed by atoms with E-state index in [1.54, 1.807) is 0 Å². The summed E-state index contributed by atoms with van der Waals surface area (Å²) in [6.45, 7) is 0. The summed E-state index contributed by atoms with van der Waals surface area (Å²) in [4.78, 5) is 9.98. The Bertz CT molecular complexity index is 171. The van der Waals surface area contributed by atoms with Gasteiger partial charge < -0.3 is 5.11 Å². The maximum atomic E-state index is 9.98. The number of carboxylic acids is 1. The van der Waals surface area contributed by atoms with E-state index < -0.39 is 5.97 Å². The smallest absolute Gasteiger partial charge is 0.338 e. The van der Waals surface area contributed by atoms with Crippen LogP contribution < -0.4 is 5.43 Å². The van der Waals surface area contributed by atoms with Crippen LogP contribution in [0.3, 0.4) is 0 Å². The fourth-order valence-corrected chi connectivity index (χ4v) is 0.335. The number of hydrogen-bond acceptors (Lipinski definition) is 2. The molecule has 0 spiro atoms. The van der Waals surface area contributed by atoms with Crippen LogP contribution in [0.25, 0.3) is 0 Å². The van der Waals surface area contributed by atoms with Gasteiger partial charge in [0.15, 0.2) is 0 Å². The molecular weight excluding hydrogens is 108 g/mol. The van der Waals surface area contributed by atoms with Gasteiger partial charge in [0, 0.05) is 0 Å². The summed E-state index contributed by atoms with van der Waals surface area (Å²) >= 11 is 0. The van der Waals surface area contributed by atoms with Crippen LogP contribution in [0.1, 0.15) is 0 Å². The molecule has 0 aromatic heterocycles. The van der Waals surface area contributed by atoms with Crippen LogP contribution in [-0.2, 0) is 4.79 Å². The van der Waals surface area contributed by atoms with E-state index in [2.05, 4.69) is 10.5 Å². The summed E-state index contributed by atoms with van der Waals surface area (Å²) in [5.74, 6) is -0.991. The van der Waals surface area contributed by atoms with E-state index in [0.29, 0.717) is 0 Å². The van der Waals surface area contributed by atoms with Crippen LogP contribution in [-0.4, -0.2) is 17.3 Å². The minimum atomic E-state index is -0.991. The normalized spacial score (nSPS) is 15.2. The minimum Gasteiger partial charge on any atom is -0.478 e. The fourth-order valence-electron chi connectivity index (χ4n) is 0.335. The second kappa shape index (κ2) is 1.65. The Kier molecular flexibility index (Phi) is 0.997. The first-order chi connectivity index (χ1) is 3.80. The first-order valence-corrected chi connectivity index (χ1v) is 1.97. The van der Waals surface area contributed by atoms with E-state index in [0.717, 1.165) is 0 Å². The van der Waals surface area contributed by atoms with Gasteiger partial charge in [-0.2, -0.15) is 10.5 Å². The molecule has 0 amide bonds. The highest BCUT2D eigenvalue weighted by molar-refractivity contribution is 6.09. The Morgan fingerprint density at radius 1 is 1.75 bits per heavy atom. The van der Waals surface area contributed by atoms with Crippen molar-refractivity contribution in [2.24, 2.45) is 5.10 Å². The topological polar surface area (TPSA) is 63.8 Å². The molecule has 1 aliphatic heterocycles. The maximum absolute atomic E-state index is 9.98. The third-order valence-corrected chi connectivity index (χ3v) is 0.707. The molecule has 0 fully saturated rings. The Hall–Kier alpha value is -1.32. The number of carboxylic acid groups (broad SMARTS) is 1. The van der Waals surface area contributed by atoms with Gasteiger partial charge in [0.2, 0.25) is 0 Å². The lowest BCUT2D eigenvalue weighted by molar-refractivity contribution is -0.132. The van der Waals surface area contributed by atoms with E-state index in [9.17, 15) is 4.79 Å². The molecule has 1 rings (SSSR count).